The molecule has 2 amide bonds. The summed E-state index contributed by atoms with van der Waals surface area (Å²) in [5.41, 5.74) is 3.23. The first kappa shape index (κ1) is 22.9. The maximum atomic E-state index is 12.6. The van der Waals surface area contributed by atoms with E-state index in [0.29, 0.717) is 32.7 Å². The number of nitrogens with zero attached hydrogens (tertiary/aromatic N) is 2. The summed E-state index contributed by atoms with van der Waals surface area (Å²) in [6.45, 7) is 4.65. The highest BCUT2D eigenvalue weighted by atomic mass is 32.2. The largest absolute Gasteiger partial charge is 0.497 e. The molecule has 31 heavy (non-hydrogen) atoms. The Morgan fingerprint density at radius 1 is 1.03 bits per heavy atom. The highest BCUT2D eigenvalue weighted by molar-refractivity contribution is 7.89. The highest BCUT2D eigenvalue weighted by Crippen LogP contribution is 2.19. The van der Waals surface area contributed by atoms with Gasteiger partial charge in [-0.2, -0.15) is 4.31 Å². The number of aryl methyl sites for hydroxylation is 1. The molecule has 0 unspecified atom stereocenters. The van der Waals surface area contributed by atoms with Gasteiger partial charge in [-0.05, 0) is 42.3 Å². The monoisotopic (exact) mass is 446 g/mol. The van der Waals surface area contributed by atoms with E-state index in [1.54, 1.807) is 7.11 Å². The molecule has 0 aromatic heterocycles. The van der Waals surface area contributed by atoms with Crippen LogP contribution in [0.3, 0.4) is 0 Å². The van der Waals surface area contributed by atoms with Crippen molar-refractivity contribution < 1.29 is 17.9 Å². The van der Waals surface area contributed by atoms with Crippen LogP contribution in [-0.2, 0) is 16.6 Å². The molecule has 1 heterocycles. The lowest BCUT2D eigenvalue weighted by Crippen LogP contribution is -2.50. The molecule has 0 saturated carbocycles. The minimum absolute atomic E-state index is 0.0644. The molecule has 2 aromatic carbocycles. The van der Waals surface area contributed by atoms with Crippen molar-refractivity contribution in [2.45, 2.75) is 13.5 Å². The van der Waals surface area contributed by atoms with Crippen LogP contribution in [0.4, 0.5) is 10.5 Å². The molecule has 9 heteroatoms. The van der Waals surface area contributed by atoms with Crippen molar-refractivity contribution in [3.63, 3.8) is 0 Å². The van der Waals surface area contributed by atoms with Crippen molar-refractivity contribution in [2.24, 2.45) is 0 Å². The zero-order valence-corrected chi connectivity index (χ0v) is 18.8. The Labute approximate surface area is 184 Å². The van der Waals surface area contributed by atoms with Crippen molar-refractivity contribution >= 4 is 21.7 Å². The Balaban J connectivity index is 1.39. The predicted octanol–water partition coefficient (Wildman–Crippen LogP) is 1.95. The molecular formula is C22H30N4O4S. The van der Waals surface area contributed by atoms with Crippen LogP contribution in [-0.4, -0.2) is 64.3 Å². The lowest BCUT2D eigenvalue weighted by atomic mass is 10.2. The molecule has 0 atom stereocenters. The van der Waals surface area contributed by atoms with Crippen LogP contribution in [0.2, 0.25) is 0 Å². The zero-order valence-electron chi connectivity index (χ0n) is 18.0. The van der Waals surface area contributed by atoms with Crippen molar-refractivity contribution in [1.82, 2.24) is 14.9 Å². The Bertz CT molecular complexity index is 971. The van der Waals surface area contributed by atoms with Crippen LogP contribution < -0.4 is 20.3 Å². The fraction of sp³-hybridized carbons (Fsp3) is 0.409. The van der Waals surface area contributed by atoms with Gasteiger partial charge >= 0.3 is 6.03 Å². The number of nitrogens with one attached hydrogen (secondary N) is 2. The number of amides is 2. The first-order chi connectivity index (χ1) is 14.9. The molecule has 1 aliphatic rings. The number of piperazine rings is 1. The first-order valence-electron chi connectivity index (χ1n) is 10.3. The fourth-order valence-electron chi connectivity index (χ4n) is 3.46. The van der Waals surface area contributed by atoms with Crippen molar-refractivity contribution in [3.05, 3.63) is 59.7 Å². The Morgan fingerprint density at radius 2 is 1.74 bits per heavy atom. The number of urea groups is 1. The number of rotatable bonds is 8. The number of methoxy groups -OCH3 is 1. The Hall–Kier alpha value is -2.78. The van der Waals surface area contributed by atoms with Gasteiger partial charge in [0.15, 0.2) is 0 Å². The lowest BCUT2D eigenvalue weighted by Gasteiger charge is -2.35. The molecule has 0 bridgehead atoms. The van der Waals surface area contributed by atoms with Gasteiger partial charge in [0.1, 0.15) is 5.75 Å². The van der Waals surface area contributed by atoms with E-state index in [4.69, 9.17) is 4.74 Å². The van der Waals surface area contributed by atoms with Gasteiger partial charge in [0.25, 0.3) is 0 Å². The molecule has 0 radical (unpaired) electrons. The highest BCUT2D eigenvalue weighted by Gasteiger charge is 2.26. The number of sulfonamides is 1. The van der Waals surface area contributed by atoms with E-state index in [9.17, 15) is 13.2 Å². The third-order valence-electron chi connectivity index (χ3n) is 5.26. The Kier molecular flexibility index (Phi) is 7.75. The van der Waals surface area contributed by atoms with Crippen molar-refractivity contribution in [3.8, 4) is 5.75 Å². The predicted molar refractivity (Wildman–Crippen MR) is 122 cm³/mol. The van der Waals surface area contributed by atoms with Crippen molar-refractivity contribution in [2.75, 3.05) is 50.5 Å². The van der Waals surface area contributed by atoms with E-state index in [-0.39, 0.29) is 12.3 Å². The number of hydrogen-bond acceptors (Lipinski definition) is 5. The second-order valence-corrected chi connectivity index (χ2v) is 9.59. The van der Waals surface area contributed by atoms with E-state index >= 15 is 0 Å². The molecule has 2 N–H and O–H groups in total. The van der Waals surface area contributed by atoms with Crippen LogP contribution >= 0.6 is 0 Å². The topological polar surface area (TPSA) is 91.0 Å². The molecule has 1 aliphatic heterocycles. The summed E-state index contributed by atoms with van der Waals surface area (Å²) in [6, 6.07) is 15.2. The van der Waals surface area contributed by atoms with E-state index < -0.39 is 16.1 Å². The van der Waals surface area contributed by atoms with Gasteiger partial charge in [0.2, 0.25) is 10.0 Å². The molecule has 1 saturated heterocycles. The minimum atomic E-state index is -3.42. The molecule has 2 aromatic rings. The number of carbonyl (C=O) groups excluding carboxylic acids is 1. The Morgan fingerprint density at radius 3 is 2.39 bits per heavy atom. The van der Waals surface area contributed by atoms with Crippen LogP contribution in [0, 0.1) is 6.92 Å². The van der Waals surface area contributed by atoms with Crippen LogP contribution in [0.25, 0.3) is 0 Å². The van der Waals surface area contributed by atoms with E-state index in [2.05, 4.69) is 21.6 Å². The maximum Gasteiger partial charge on any atom is 0.315 e. The third-order valence-corrected chi connectivity index (χ3v) is 7.13. The normalized spacial score (nSPS) is 14.8. The summed E-state index contributed by atoms with van der Waals surface area (Å²) in [5.74, 6) is 0.631. The fourth-order valence-corrected chi connectivity index (χ4v) is 4.80. The summed E-state index contributed by atoms with van der Waals surface area (Å²) >= 11 is 0. The average Bonchev–Trinajstić information content (AvgIpc) is 2.78. The van der Waals surface area contributed by atoms with Gasteiger partial charge in [0.05, 0.1) is 12.9 Å². The van der Waals surface area contributed by atoms with Gasteiger partial charge in [0, 0.05) is 45.0 Å². The molecular weight excluding hydrogens is 416 g/mol. The second kappa shape index (κ2) is 10.5. The summed E-state index contributed by atoms with van der Waals surface area (Å²) in [6.07, 6.45) is 0. The molecule has 168 valence electrons. The minimum Gasteiger partial charge on any atom is -0.497 e. The number of benzene rings is 2. The molecule has 3 rings (SSSR count). The van der Waals surface area contributed by atoms with Gasteiger partial charge < -0.3 is 20.3 Å². The lowest BCUT2D eigenvalue weighted by molar-refractivity contribution is 0.241. The van der Waals surface area contributed by atoms with Gasteiger partial charge in [-0.1, -0.05) is 24.3 Å². The second-order valence-electron chi connectivity index (χ2n) is 7.50. The maximum absolute atomic E-state index is 12.6. The van der Waals surface area contributed by atoms with E-state index in [1.165, 1.54) is 9.87 Å². The zero-order chi connectivity index (χ0) is 22.3. The number of carbonyl (C=O) groups is 1. The van der Waals surface area contributed by atoms with Crippen molar-refractivity contribution in [1.29, 1.82) is 0 Å². The van der Waals surface area contributed by atoms with Gasteiger partial charge in [-0.25, -0.2) is 13.2 Å². The molecule has 8 nitrogen and oxygen atoms in total. The molecule has 0 aliphatic carbocycles. The summed E-state index contributed by atoms with van der Waals surface area (Å²) < 4.78 is 31.9. The van der Waals surface area contributed by atoms with E-state index in [0.717, 1.165) is 17.0 Å². The number of ether oxygens (including phenoxy) is 1. The number of anilines is 1. The summed E-state index contributed by atoms with van der Waals surface area (Å²) in [5, 5.41) is 5.35. The van der Waals surface area contributed by atoms with E-state index in [1.807, 2.05) is 49.4 Å². The molecule has 0 spiro atoms. The standard InChI is InChI=1S/C22H30N4O4S/c1-18-4-3-5-20(16-18)25-11-13-26(14-12-25)31(28,29)15-10-23-22(27)24-17-19-6-8-21(30-2)9-7-19/h3-9,16H,10-15,17H2,1-2H3,(H2,23,24,27). The third kappa shape index (κ3) is 6.60. The summed E-state index contributed by atoms with van der Waals surface area (Å²) in [4.78, 5) is 14.2. The quantitative estimate of drug-likeness (QED) is 0.647. The average molecular weight is 447 g/mol. The van der Waals surface area contributed by atoms with Gasteiger partial charge in [-0.15, -0.1) is 0 Å². The summed E-state index contributed by atoms with van der Waals surface area (Å²) in [7, 11) is -1.82. The smallest absolute Gasteiger partial charge is 0.315 e. The number of hydrogen-bond donors (Lipinski definition) is 2. The van der Waals surface area contributed by atoms with Crippen LogP contribution in [0.1, 0.15) is 11.1 Å². The first-order valence-corrected chi connectivity index (χ1v) is 11.9. The van der Waals surface area contributed by atoms with Gasteiger partial charge in [-0.3, -0.25) is 0 Å². The van der Waals surface area contributed by atoms with Crippen LogP contribution in [0.15, 0.2) is 48.5 Å². The molecule has 1 fully saturated rings. The van der Waals surface area contributed by atoms with Crippen LogP contribution in [0.5, 0.6) is 5.75 Å². The SMILES string of the molecule is COc1ccc(CNC(=O)NCCS(=O)(=O)N2CCN(c3cccc(C)c3)CC2)cc1.